The SMILES string of the molecule is COc1ccccc1-c1nnc(CNCc2ccc(F)cc2)o1. The van der Waals surface area contributed by atoms with E-state index in [4.69, 9.17) is 9.15 Å². The van der Waals surface area contributed by atoms with Crippen molar-refractivity contribution in [2.45, 2.75) is 13.1 Å². The van der Waals surface area contributed by atoms with Crippen molar-refractivity contribution in [1.82, 2.24) is 15.5 Å². The lowest BCUT2D eigenvalue weighted by Crippen LogP contribution is -2.12. The molecule has 2 aromatic carbocycles. The molecule has 0 saturated heterocycles. The molecular weight excluding hydrogens is 297 g/mol. The highest BCUT2D eigenvalue weighted by molar-refractivity contribution is 5.62. The van der Waals surface area contributed by atoms with Gasteiger partial charge in [-0.05, 0) is 29.8 Å². The number of hydrogen-bond acceptors (Lipinski definition) is 5. The molecule has 1 N–H and O–H groups in total. The predicted molar refractivity (Wildman–Crippen MR) is 83.2 cm³/mol. The zero-order valence-corrected chi connectivity index (χ0v) is 12.6. The maximum Gasteiger partial charge on any atom is 0.251 e. The number of benzene rings is 2. The number of halogens is 1. The van der Waals surface area contributed by atoms with Gasteiger partial charge in [-0.3, -0.25) is 0 Å². The van der Waals surface area contributed by atoms with Gasteiger partial charge in [-0.2, -0.15) is 0 Å². The van der Waals surface area contributed by atoms with Gasteiger partial charge in [0.2, 0.25) is 5.89 Å². The predicted octanol–water partition coefficient (Wildman–Crippen LogP) is 3.17. The first-order valence-electron chi connectivity index (χ1n) is 7.17. The maximum absolute atomic E-state index is 12.8. The number of methoxy groups -OCH3 is 1. The molecule has 0 atom stereocenters. The second-order valence-corrected chi connectivity index (χ2v) is 4.93. The van der Waals surface area contributed by atoms with Gasteiger partial charge >= 0.3 is 0 Å². The molecule has 0 spiro atoms. The fourth-order valence-electron chi connectivity index (χ4n) is 2.17. The van der Waals surface area contributed by atoms with Crippen molar-refractivity contribution >= 4 is 0 Å². The summed E-state index contributed by atoms with van der Waals surface area (Å²) in [5.74, 6) is 1.34. The third-order valence-corrected chi connectivity index (χ3v) is 3.32. The van der Waals surface area contributed by atoms with Crippen LogP contribution in [0.2, 0.25) is 0 Å². The zero-order valence-electron chi connectivity index (χ0n) is 12.6. The van der Waals surface area contributed by atoms with E-state index in [1.54, 1.807) is 19.2 Å². The second kappa shape index (κ2) is 7.02. The Balaban J connectivity index is 1.62. The van der Waals surface area contributed by atoms with E-state index in [2.05, 4.69) is 15.5 Å². The highest BCUT2D eigenvalue weighted by Gasteiger charge is 2.12. The fraction of sp³-hybridized carbons (Fsp3) is 0.176. The Labute approximate surface area is 133 Å². The second-order valence-electron chi connectivity index (χ2n) is 4.93. The van der Waals surface area contributed by atoms with Crippen LogP contribution < -0.4 is 10.1 Å². The third kappa shape index (κ3) is 3.73. The number of rotatable bonds is 6. The molecule has 23 heavy (non-hydrogen) atoms. The fourth-order valence-corrected chi connectivity index (χ4v) is 2.17. The number of para-hydroxylation sites is 1. The maximum atomic E-state index is 12.8. The Kier molecular flexibility index (Phi) is 4.63. The topological polar surface area (TPSA) is 60.2 Å². The summed E-state index contributed by atoms with van der Waals surface area (Å²) in [5, 5.41) is 11.2. The van der Waals surface area contributed by atoms with Crippen molar-refractivity contribution in [3.63, 3.8) is 0 Å². The van der Waals surface area contributed by atoms with E-state index in [-0.39, 0.29) is 5.82 Å². The molecule has 3 aromatic rings. The first-order chi connectivity index (χ1) is 11.3. The monoisotopic (exact) mass is 313 g/mol. The van der Waals surface area contributed by atoms with Crippen LogP contribution in [0.25, 0.3) is 11.5 Å². The van der Waals surface area contributed by atoms with Gasteiger partial charge in [0.1, 0.15) is 11.6 Å². The van der Waals surface area contributed by atoms with E-state index in [1.165, 1.54) is 12.1 Å². The molecule has 0 radical (unpaired) electrons. The van der Waals surface area contributed by atoms with Gasteiger partial charge in [0, 0.05) is 6.54 Å². The number of hydrogen-bond donors (Lipinski definition) is 1. The van der Waals surface area contributed by atoms with Gasteiger partial charge in [-0.25, -0.2) is 4.39 Å². The van der Waals surface area contributed by atoms with E-state index >= 15 is 0 Å². The largest absolute Gasteiger partial charge is 0.496 e. The molecule has 3 rings (SSSR count). The van der Waals surface area contributed by atoms with E-state index in [9.17, 15) is 4.39 Å². The molecule has 5 nitrogen and oxygen atoms in total. The summed E-state index contributed by atoms with van der Waals surface area (Å²) in [5.41, 5.74) is 1.74. The Morgan fingerprint density at radius 3 is 2.61 bits per heavy atom. The molecule has 118 valence electrons. The van der Waals surface area contributed by atoms with Crippen molar-refractivity contribution in [1.29, 1.82) is 0 Å². The van der Waals surface area contributed by atoms with Gasteiger partial charge in [-0.1, -0.05) is 24.3 Å². The molecule has 0 aliphatic heterocycles. The minimum absolute atomic E-state index is 0.243. The summed E-state index contributed by atoms with van der Waals surface area (Å²) < 4.78 is 23.8. The summed E-state index contributed by atoms with van der Waals surface area (Å²) in [6, 6.07) is 13.8. The lowest BCUT2D eigenvalue weighted by atomic mass is 10.2. The van der Waals surface area contributed by atoms with Crippen LogP contribution in [-0.4, -0.2) is 17.3 Å². The Morgan fingerprint density at radius 2 is 1.83 bits per heavy atom. The molecule has 0 fully saturated rings. The van der Waals surface area contributed by atoms with Gasteiger partial charge < -0.3 is 14.5 Å². The summed E-state index contributed by atoms with van der Waals surface area (Å²) >= 11 is 0. The molecule has 0 aliphatic carbocycles. The minimum atomic E-state index is -0.243. The van der Waals surface area contributed by atoms with E-state index in [0.29, 0.717) is 30.6 Å². The first-order valence-corrected chi connectivity index (χ1v) is 7.17. The summed E-state index contributed by atoms with van der Waals surface area (Å²) in [4.78, 5) is 0. The molecule has 0 amide bonds. The van der Waals surface area contributed by atoms with Crippen LogP contribution in [0, 0.1) is 5.82 Å². The lowest BCUT2D eigenvalue weighted by Gasteiger charge is -2.03. The first kappa shape index (κ1) is 15.2. The van der Waals surface area contributed by atoms with Crippen molar-refractivity contribution in [2.24, 2.45) is 0 Å². The van der Waals surface area contributed by atoms with E-state index in [0.717, 1.165) is 11.1 Å². The molecule has 0 saturated carbocycles. The van der Waals surface area contributed by atoms with Crippen LogP contribution in [0.5, 0.6) is 5.75 Å². The number of ether oxygens (including phenoxy) is 1. The third-order valence-electron chi connectivity index (χ3n) is 3.32. The standard InChI is InChI=1S/C17H16FN3O2/c1-22-15-5-3-2-4-14(15)17-21-20-16(23-17)11-19-10-12-6-8-13(18)9-7-12/h2-9,19H,10-11H2,1H3. The normalized spacial score (nSPS) is 10.7. The van der Waals surface area contributed by atoms with Crippen LogP contribution in [0.3, 0.4) is 0 Å². The summed E-state index contributed by atoms with van der Waals surface area (Å²) in [6.45, 7) is 1.02. The number of nitrogens with one attached hydrogen (secondary N) is 1. The smallest absolute Gasteiger partial charge is 0.251 e. The molecule has 1 heterocycles. The van der Waals surface area contributed by atoms with E-state index in [1.807, 2.05) is 24.3 Å². The highest BCUT2D eigenvalue weighted by atomic mass is 19.1. The lowest BCUT2D eigenvalue weighted by molar-refractivity contribution is 0.413. The Bertz CT molecular complexity index is 772. The molecular formula is C17H16FN3O2. The van der Waals surface area contributed by atoms with Crippen LogP contribution in [0.4, 0.5) is 4.39 Å². The number of aromatic nitrogens is 2. The molecule has 0 unspecified atom stereocenters. The van der Waals surface area contributed by atoms with Crippen molar-refractivity contribution in [3.05, 3.63) is 65.8 Å². The van der Waals surface area contributed by atoms with Crippen molar-refractivity contribution in [2.75, 3.05) is 7.11 Å². The van der Waals surface area contributed by atoms with Gasteiger partial charge in [0.15, 0.2) is 0 Å². The van der Waals surface area contributed by atoms with Crippen LogP contribution in [-0.2, 0) is 13.1 Å². The van der Waals surface area contributed by atoms with Gasteiger partial charge in [-0.15, -0.1) is 10.2 Å². The van der Waals surface area contributed by atoms with Crippen LogP contribution in [0.1, 0.15) is 11.5 Å². The van der Waals surface area contributed by atoms with Crippen molar-refractivity contribution < 1.29 is 13.5 Å². The minimum Gasteiger partial charge on any atom is -0.496 e. The Hall–Kier alpha value is -2.73. The average Bonchev–Trinajstić information content (AvgIpc) is 3.05. The van der Waals surface area contributed by atoms with Crippen molar-refractivity contribution in [3.8, 4) is 17.2 Å². The molecule has 0 bridgehead atoms. The Morgan fingerprint density at radius 1 is 1.04 bits per heavy atom. The van der Waals surface area contributed by atoms with E-state index < -0.39 is 0 Å². The average molecular weight is 313 g/mol. The molecule has 1 aromatic heterocycles. The quantitative estimate of drug-likeness (QED) is 0.757. The molecule has 0 aliphatic rings. The summed E-state index contributed by atoms with van der Waals surface area (Å²) in [7, 11) is 1.60. The summed E-state index contributed by atoms with van der Waals surface area (Å²) in [6.07, 6.45) is 0. The zero-order chi connectivity index (χ0) is 16.1. The van der Waals surface area contributed by atoms with Crippen LogP contribution in [0.15, 0.2) is 52.9 Å². The van der Waals surface area contributed by atoms with Gasteiger partial charge in [0.25, 0.3) is 5.89 Å². The van der Waals surface area contributed by atoms with Crippen LogP contribution >= 0.6 is 0 Å². The number of nitrogens with zero attached hydrogens (tertiary/aromatic N) is 2. The molecule has 6 heteroatoms. The highest BCUT2D eigenvalue weighted by Crippen LogP contribution is 2.28. The van der Waals surface area contributed by atoms with Gasteiger partial charge in [0.05, 0.1) is 19.2 Å².